The lowest BCUT2D eigenvalue weighted by atomic mass is 9.96. The monoisotopic (exact) mass is 154 g/mol. The first-order valence-corrected chi connectivity index (χ1v) is 4.27. The first-order valence-electron chi connectivity index (χ1n) is 4.27. The van der Waals surface area contributed by atoms with E-state index in [1.807, 2.05) is 0 Å². The summed E-state index contributed by atoms with van der Waals surface area (Å²) in [5.74, 6) is 0.223. The summed E-state index contributed by atoms with van der Waals surface area (Å²) in [7, 11) is 0. The molecule has 1 amide bonds. The molecule has 62 valence electrons. The minimum atomic E-state index is -0.168. The van der Waals surface area contributed by atoms with Crippen LogP contribution in [0.2, 0.25) is 0 Å². The van der Waals surface area contributed by atoms with Crippen LogP contribution in [0.15, 0.2) is 0 Å². The van der Waals surface area contributed by atoms with Crippen LogP contribution in [0.5, 0.6) is 0 Å². The Balaban J connectivity index is 2.24. The molecule has 2 fully saturated rings. The SMILES string of the molecule is C[C@@]12CCCN1CCNC2=O. The molecule has 0 aromatic carbocycles. The van der Waals surface area contributed by atoms with Crippen LogP contribution in [-0.4, -0.2) is 36.0 Å². The van der Waals surface area contributed by atoms with Crippen molar-refractivity contribution in [3.8, 4) is 0 Å². The lowest BCUT2D eigenvalue weighted by molar-refractivity contribution is -0.133. The van der Waals surface area contributed by atoms with Gasteiger partial charge in [0.25, 0.3) is 0 Å². The lowest BCUT2D eigenvalue weighted by Crippen LogP contribution is -2.60. The standard InChI is InChI=1S/C8H14N2O/c1-8-3-2-5-10(8)6-4-9-7(8)11/h2-6H2,1H3,(H,9,11)/t8-/m0/s1. The van der Waals surface area contributed by atoms with Gasteiger partial charge in [0.15, 0.2) is 0 Å². The molecular formula is C8H14N2O. The molecule has 1 N–H and O–H groups in total. The molecule has 1 atom stereocenters. The van der Waals surface area contributed by atoms with Crippen LogP contribution in [0.25, 0.3) is 0 Å². The van der Waals surface area contributed by atoms with Gasteiger partial charge in [-0.2, -0.15) is 0 Å². The van der Waals surface area contributed by atoms with Crippen molar-refractivity contribution in [2.75, 3.05) is 19.6 Å². The molecule has 0 aliphatic carbocycles. The molecule has 0 aromatic heterocycles. The average Bonchev–Trinajstić information content (AvgIpc) is 2.34. The number of nitrogens with zero attached hydrogens (tertiary/aromatic N) is 1. The maximum Gasteiger partial charge on any atom is 0.240 e. The first kappa shape index (κ1) is 7.10. The number of nitrogens with one attached hydrogen (secondary N) is 1. The van der Waals surface area contributed by atoms with Gasteiger partial charge >= 0.3 is 0 Å². The van der Waals surface area contributed by atoms with Crippen LogP contribution < -0.4 is 5.32 Å². The Bertz CT molecular complexity index is 193. The molecule has 2 aliphatic heterocycles. The molecule has 0 saturated carbocycles. The zero-order chi connectivity index (χ0) is 7.90. The molecule has 2 rings (SSSR count). The Morgan fingerprint density at radius 2 is 2.36 bits per heavy atom. The highest BCUT2D eigenvalue weighted by atomic mass is 16.2. The van der Waals surface area contributed by atoms with Crippen LogP contribution >= 0.6 is 0 Å². The van der Waals surface area contributed by atoms with E-state index in [0.717, 1.165) is 26.1 Å². The van der Waals surface area contributed by atoms with Crippen LogP contribution in [-0.2, 0) is 4.79 Å². The van der Waals surface area contributed by atoms with Gasteiger partial charge in [-0.1, -0.05) is 0 Å². The van der Waals surface area contributed by atoms with Gasteiger partial charge in [-0.3, -0.25) is 9.69 Å². The van der Waals surface area contributed by atoms with Gasteiger partial charge in [0.1, 0.15) is 0 Å². The maximum absolute atomic E-state index is 11.4. The Morgan fingerprint density at radius 3 is 3.09 bits per heavy atom. The molecule has 0 unspecified atom stereocenters. The Labute approximate surface area is 66.8 Å². The van der Waals surface area contributed by atoms with Crippen molar-refractivity contribution in [1.29, 1.82) is 0 Å². The van der Waals surface area contributed by atoms with E-state index in [2.05, 4.69) is 17.1 Å². The smallest absolute Gasteiger partial charge is 0.240 e. The fourth-order valence-electron chi connectivity index (χ4n) is 2.13. The third-order valence-corrected chi connectivity index (χ3v) is 2.95. The van der Waals surface area contributed by atoms with Crippen LogP contribution in [0.4, 0.5) is 0 Å². The number of rotatable bonds is 0. The van der Waals surface area contributed by atoms with E-state index in [-0.39, 0.29) is 11.4 Å². The third-order valence-electron chi connectivity index (χ3n) is 2.95. The second kappa shape index (κ2) is 2.21. The summed E-state index contributed by atoms with van der Waals surface area (Å²) >= 11 is 0. The Morgan fingerprint density at radius 1 is 1.55 bits per heavy atom. The van der Waals surface area contributed by atoms with Gasteiger partial charge in [0, 0.05) is 13.1 Å². The number of fused-ring (bicyclic) bond motifs is 1. The number of hydrogen-bond acceptors (Lipinski definition) is 2. The van der Waals surface area contributed by atoms with Crippen molar-refractivity contribution in [2.24, 2.45) is 0 Å². The molecule has 3 nitrogen and oxygen atoms in total. The molecule has 11 heavy (non-hydrogen) atoms. The second-order valence-corrected chi connectivity index (χ2v) is 3.62. The van der Waals surface area contributed by atoms with Crippen molar-refractivity contribution >= 4 is 5.91 Å². The summed E-state index contributed by atoms with van der Waals surface area (Å²) in [6.07, 6.45) is 2.20. The van der Waals surface area contributed by atoms with Gasteiger partial charge in [-0.15, -0.1) is 0 Å². The van der Waals surface area contributed by atoms with Crippen LogP contribution in [0.1, 0.15) is 19.8 Å². The molecule has 2 heterocycles. The summed E-state index contributed by atoms with van der Waals surface area (Å²) in [5, 5.41) is 2.91. The molecule has 2 aliphatic rings. The van der Waals surface area contributed by atoms with Gasteiger partial charge in [0.2, 0.25) is 5.91 Å². The van der Waals surface area contributed by atoms with Gasteiger partial charge in [0.05, 0.1) is 5.54 Å². The maximum atomic E-state index is 11.4. The van der Waals surface area contributed by atoms with E-state index in [4.69, 9.17) is 0 Å². The minimum absolute atomic E-state index is 0.168. The van der Waals surface area contributed by atoms with Crippen molar-refractivity contribution in [2.45, 2.75) is 25.3 Å². The largest absolute Gasteiger partial charge is 0.353 e. The summed E-state index contributed by atoms with van der Waals surface area (Å²) < 4.78 is 0. The summed E-state index contributed by atoms with van der Waals surface area (Å²) in [5.41, 5.74) is -0.168. The van der Waals surface area contributed by atoms with E-state index in [1.54, 1.807) is 0 Å². The van der Waals surface area contributed by atoms with Gasteiger partial charge in [-0.25, -0.2) is 0 Å². The Hall–Kier alpha value is -0.570. The van der Waals surface area contributed by atoms with E-state index >= 15 is 0 Å². The number of hydrogen-bond donors (Lipinski definition) is 1. The average molecular weight is 154 g/mol. The predicted octanol–water partition coefficient (Wildman–Crippen LogP) is -0.0293. The Kier molecular flexibility index (Phi) is 1.42. The normalized spacial score (nSPS) is 38.5. The quantitative estimate of drug-likeness (QED) is 0.531. The molecular weight excluding hydrogens is 140 g/mol. The summed E-state index contributed by atoms with van der Waals surface area (Å²) in [4.78, 5) is 13.7. The topological polar surface area (TPSA) is 32.3 Å². The lowest BCUT2D eigenvalue weighted by Gasteiger charge is -2.38. The fraction of sp³-hybridized carbons (Fsp3) is 0.875. The molecule has 0 spiro atoms. The highest BCUT2D eigenvalue weighted by molar-refractivity contribution is 5.86. The van der Waals surface area contributed by atoms with Crippen molar-refractivity contribution in [3.63, 3.8) is 0 Å². The zero-order valence-electron chi connectivity index (χ0n) is 6.89. The number of piperazine rings is 1. The van der Waals surface area contributed by atoms with Crippen molar-refractivity contribution < 1.29 is 4.79 Å². The molecule has 0 radical (unpaired) electrons. The molecule has 0 bridgehead atoms. The number of carbonyl (C=O) groups excluding carboxylic acids is 1. The van der Waals surface area contributed by atoms with Gasteiger partial charge < -0.3 is 5.32 Å². The molecule has 3 heteroatoms. The van der Waals surface area contributed by atoms with E-state index in [0.29, 0.717) is 0 Å². The van der Waals surface area contributed by atoms with Crippen LogP contribution in [0.3, 0.4) is 0 Å². The molecule has 0 aromatic rings. The van der Waals surface area contributed by atoms with E-state index < -0.39 is 0 Å². The number of carbonyl (C=O) groups is 1. The molecule has 2 saturated heterocycles. The minimum Gasteiger partial charge on any atom is -0.353 e. The highest BCUT2D eigenvalue weighted by Crippen LogP contribution is 2.30. The van der Waals surface area contributed by atoms with Crippen molar-refractivity contribution in [3.05, 3.63) is 0 Å². The fourth-order valence-corrected chi connectivity index (χ4v) is 2.13. The first-order chi connectivity index (χ1) is 5.23. The highest BCUT2D eigenvalue weighted by Gasteiger charge is 2.44. The van der Waals surface area contributed by atoms with E-state index in [9.17, 15) is 4.79 Å². The second-order valence-electron chi connectivity index (χ2n) is 3.62. The van der Waals surface area contributed by atoms with Gasteiger partial charge in [-0.05, 0) is 26.3 Å². The summed E-state index contributed by atoms with van der Waals surface area (Å²) in [6, 6.07) is 0. The van der Waals surface area contributed by atoms with Crippen molar-refractivity contribution in [1.82, 2.24) is 10.2 Å². The zero-order valence-corrected chi connectivity index (χ0v) is 6.89. The van der Waals surface area contributed by atoms with Crippen LogP contribution in [0, 0.1) is 0 Å². The van der Waals surface area contributed by atoms with E-state index in [1.165, 1.54) is 6.42 Å². The predicted molar refractivity (Wildman–Crippen MR) is 42.2 cm³/mol. The third kappa shape index (κ3) is 0.872. The summed E-state index contributed by atoms with van der Waals surface area (Å²) in [6.45, 7) is 5.01. The number of amides is 1.